The second-order valence-electron chi connectivity index (χ2n) is 6.13. The lowest BCUT2D eigenvalue weighted by Gasteiger charge is -2.39. The number of hydrogen-bond acceptors (Lipinski definition) is 3. The van der Waals surface area contributed by atoms with Crippen LogP contribution in [0.15, 0.2) is 16.8 Å². The van der Waals surface area contributed by atoms with Crippen LogP contribution in [-0.2, 0) is 6.42 Å². The SMILES string of the molecule is CCCNC1CC2CCC(C1)N2CCc1ccsc1. The smallest absolute Gasteiger partial charge is 0.0114 e. The van der Waals surface area contributed by atoms with E-state index in [1.165, 1.54) is 57.2 Å². The van der Waals surface area contributed by atoms with Gasteiger partial charge in [-0.15, -0.1) is 0 Å². The molecule has 0 aromatic carbocycles. The average molecular weight is 278 g/mol. The first-order valence-electron chi connectivity index (χ1n) is 7.87. The third-order valence-electron chi connectivity index (χ3n) is 4.81. The molecule has 0 radical (unpaired) electrons. The summed E-state index contributed by atoms with van der Waals surface area (Å²) in [7, 11) is 0. The predicted molar refractivity (Wildman–Crippen MR) is 82.9 cm³/mol. The van der Waals surface area contributed by atoms with Gasteiger partial charge in [-0.25, -0.2) is 0 Å². The van der Waals surface area contributed by atoms with Crippen molar-refractivity contribution in [1.29, 1.82) is 0 Å². The molecule has 19 heavy (non-hydrogen) atoms. The fourth-order valence-corrected chi connectivity index (χ4v) is 4.55. The highest BCUT2D eigenvalue weighted by Gasteiger charge is 2.39. The fraction of sp³-hybridized carbons (Fsp3) is 0.750. The lowest BCUT2D eigenvalue weighted by molar-refractivity contribution is 0.118. The zero-order valence-corrected chi connectivity index (χ0v) is 12.8. The molecule has 0 aliphatic carbocycles. The van der Waals surface area contributed by atoms with E-state index in [0.29, 0.717) is 0 Å². The maximum absolute atomic E-state index is 3.74. The summed E-state index contributed by atoms with van der Waals surface area (Å²) in [4.78, 5) is 2.81. The molecule has 1 N–H and O–H groups in total. The van der Waals surface area contributed by atoms with E-state index in [1.807, 2.05) is 11.3 Å². The highest BCUT2D eigenvalue weighted by molar-refractivity contribution is 7.07. The third-order valence-corrected chi connectivity index (χ3v) is 5.54. The van der Waals surface area contributed by atoms with Crippen molar-refractivity contribution in [2.45, 2.75) is 63.6 Å². The molecule has 0 spiro atoms. The Labute approximate surface area is 121 Å². The molecule has 106 valence electrons. The molecule has 2 aliphatic rings. The van der Waals surface area contributed by atoms with Gasteiger partial charge in [0.05, 0.1) is 0 Å². The van der Waals surface area contributed by atoms with E-state index in [2.05, 4.69) is 34.0 Å². The Morgan fingerprint density at radius 3 is 2.74 bits per heavy atom. The summed E-state index contributed by atoms with van der Waals surface area (Å²) in [6.07, 6.45) is 8.11. The number of thiophene rings is 1. The van der Waals surface area contributed by atoms with Crippen LogP contribution in [0, 0.1) is 0 Å². The van der Waals surface area contributed by atoms with Gasteiger partial charge in [-0.2, -0.15) is 11.3 Å². The number of rotatable bonds is 6. The summed E-state index contributed by atoms with van der Waals surface area (Å²) in [6.45, 7) is 4.73. The van der Waals surface area contributed by atoms with Crippen LogP contribution in [0.25, 0.3) is 0 Å². The van der Waals surface area contributed by atoms with Gasteiger partial charge in [0.1, 0.15) is 0 Å². The van der Waals surface area contributed by atoms with Crippen molar-refractivity contribution in [3.63, 3.8) is 0 Å². The van der Waals surface area contributed by atoms with Gasteiger partial charge in [0.25, 0.3) is 0 Å². The van der Waals surface area contributed by atoms with Crippen LogP contribution in [0.1, 0.15) is 44.6 Å². The molecule has 3 heteroatoms. The molecule has 2 saturated heterocycles. The van der Waals surface area contributed by atoms with Gasteiger partial charge in [0.2, 0.25) is 0 Å². The van der Waals surface area contributed by atoms with Gasteiger partial charge in [-0.1, -0.05) is 6.92 Å². The number of fused-ring (bicyclic) bond motifs is 2. The van der Waals surface area contributed by atoms with E-state index in [4.69, 9.17) is 0 Å². The number of hydrogen-bond donors (Lipinski definition) is 1. The molecule has 2 aliphatic heterocycles. The van der Waals surface area contributed by atoms with Crippen LogP contribution in [-0.4, -0.2) is 36.1 Å². The number of nitrogens with one attached hydrogen (secondary N) is 1. The molecule has 2 atom stereocenters. The summed E-state index contributed by atoms with van der Waals surface area (Å²) in [5.74, 6) is 0. The minimum absolute atomic E-state index is 0.787. The van der Waals surface area contributed by atoms with Crippen molar-refractivity contribution >= 4 is 11.3 Å². The molecule has 2 bridgehead atoms. The molecule has 1 aromatic rings. The lowest BCUT2D eigenvalue weighted by atomic mass is 9.96. The Morgan fingerprint density at radius 2 is 2.11 bits per heavy atom. The summed E-state index contributed by atoms with van der Waals surface area (Å²) < 4.78 is 0. The van der Waals surface area contributed by atoms with Crippen LogP contribution in [0.2, 0.25) is 0 Å². The quantitative estimate of drug-likeness (QED) is 0.859. The molecule has 2 unspecified atom stereocenters. The van der Waals surface area contributed by atoms with Crippen molar-refractivity contribution in [1.82, 2.24) is 10.2 Å². The largest absolute Gasteiger partial charge is 0.314 e. The topological polar surface area (TPSA) is 15.3 Å². The van der Waals surface area contributed by atoms with Gasteiger partial charge in [0, 0.05) is 24.7 Å². The second kappa shape index (κ2) is 6.38. The summed E-state index contributed by atoms with van der Waals surface area (Å²) in [5, 5.41) is 8.24. The van der Waals surface area contributed by atoms with E-state index < -0.39 is 0 Å². The van der Waals surface area contributed by atoms with Gasteiger partial charge in [-0.3, -0.25) is 4.90 Å². The van der Waals surface area contributed by atoms with Crippen molar-refractivity contribution in [3.05, 3.63) is 22.4 Å². The van der Waals surface area contributed by atoms with E-state index >= 15 is 0 Å². The van der Waals surface area contributed by atoms with Crippen molar-refractivity contribution in [2.75, 3.05) is 13.1 Å². The fourth-order valence-electron chi connectivity index (χ4n) is 3.85. The molecule has 2 fully saturated rings. The predicted octanol–water partition coefficient (Wildman–Crippen LogP) is 3.29. The van der Waals surface area contributed by atoms with Crippen LogP contribution in [0.3, 0.4) is 0 Å². The van der Waals surface area contributed by atoms with E-state index in [1.54, 1.807) is 0 Å². The summed E-state index contributed by atoms with van der Waals surface area (Å²) in [5.41, 5.74) is 1.52. The molecule has 2 nitrogen and oxygen atoms in total. The highest BCUT2D eigenvalue weighted by atomic mass is 32.1. The zero-order valence-electron chi connectivity index (χ0n) is 12.0. The molecule has 0 amide bonds. The molecular weight excluding hydrogens is 252 g/mol. The maximum atomic E-state index is 3.74. The van der Waals surface area contributed by atoms with E-state index in [-0.39, 0.29) is 0 Å². The molecule has 3 heterocycles. The Bertz CT molecular complexity index is 362. The Morgan fingerprint density at radius 1 is 1.32 bits per heavy atom. The molecule has 0 saturated carbocycles. The summed E-state index contributed by atoms with van der Waals surface area (Å²) >= 11 is 1.82. The maximum Gasteiger partial charge on any atom is 0.0114 e. The minimum atomic E-state index is 0.787. The standard InChI is InChI=1S/C16H26N2S/c1-2-7-17-14-10-15-3-4-16(11-14)18(15)8-5-13-6-9-19-12-13/h6,9,12,14-17H,2-5,7-8,10-11H2,1H3. The summed E-state index contributed by atoms with van der Waals surface area (Å²) in [6, 6.07) is 4.77. The first-order chi connectivity index (χ1) is 9.36. The first-order valence-corrected chi connectivity index (χ1v) is 8.81. The van der Waals surface area contributed by atoms with Gasteiger partial charge >= 0.3 is 0 Å². The van der Waals surface area contributed by atoms with Crippen LogP contribution < -0.4 is 5.32 Å². The normalized spacial score (nSPS) is 30.9. The Balaban J connectivity index is 1.51. The highest BCUT2D eigenvalue weighted by Crippen LogP contribution is 2.35. The van der Waals surface area contributed by atoms with Crippen LogP contribution in [0.4, 0.5) is 0 Å². The Hall–Kier alpha value is -0.380. The average Bonchev–Trinajstić information content (AvgIpc) is 3.01. The molecule has 1 aromatic heterocycles. The Kier molecular flexibility index (Phi) is 4.57. The minimum Gasteiger partial charge on any atom is -0.314 e. The van der Waals surface area contributed by atoms with Gasteiger partial charge in [-0.05, 0) is 67.5 Å². The van der Waals surface area contributed by atoms with Crippen molar-refractivity contribution in [3.8, 4) is 0 Å². The van der Waals surface area contributed by atoms with Crippen molar-refractivity contribution in [2.24, 2.45) is 0 Å². The molecular formula is C16H26N2S. The number of piperidine rings is 1. The van der Waals surface area contributed by atoms with Gasteiger partial charge in [0.15, 0.2) is 0 Å². The first kappa shape index (κ1) is 13.6. The van der Waals surface area contributed by atoms with Crippen LogP contribution in [0.5, 0.6) is 0 Å². The van der Waals surface area contributed by atoms with Crippen LogP contribution >= 0.6 is 11.3 Å². The van der Waals surface area contributed by atoms with Crippen molar-refractivity contribution < 1.29 is 0 Å². The zero-order chi connectivity index (χ0) is 13.1. The monoisotopic (exact) mass is 278 g/mol. The van der Waals surface area contributed by atoms with E-state index in [0.717, 1.165) is 18.1 Å². The third kappa shape index (κ3) is 3.21. The van der Waals surface area contributed by atoms with Gasteiger partial charge < -0.3 is 5.32 Å². The number of nitrogens with zero attached hydrogens (tertiary/aromatic N) is 1. The molecule has 3 rings (SSSR count). The van der Waals surface area contributed by atoms with E-state index in [9.17, 15) is 0 Å². The lowest BCUT2D eigenvalue weighted by Crippen LogP contribution is -2.49. The second-order valence-corrected chi connectivity index (χ2v) is 6.91.